The molecule has 1 aromatic heterocycles. The summed E-state index contributed by atoms with van der Waals surface area (Å²) < 4.78 is 6.61. The van der Waals surface area contributed by atoms with Crippen LogP contribution in [0.15, 0.2) is 45.7 Å². The SMILES string of the molecule is Nc1ccc(-c2ccc(C=C3SC(=S)N(C4CC5CCC4C5)C3=O)o2)cc1. The van der Waals surface area contributed by atoms with Crippen molar-refractivity contribution in [2.24, 2.45) is 11.8 Å². The minimum absolute atomic E-state index is 0.0352. The molecule has 3 aliphatic rings. The lowest BCUT2D eigenvalue weighted by atomic mass is 9.94. The molecule has 2 aromatic rings. The number of thiocarbonyl (C=S) groups is 1. The molecule has 1 amide bonds. The lowest BCUT2D eigenvalue weighted by Crippen LogP contribution is -2.41. The van der Waals surface area contributed by atoms with Crippen LogP contribution >= 0.6 is 24.0 Å². The molecule has 138 valence electrons. The zero-order valence-corrected chi connectivity index (χ0v) is 16.4. The van der Waals surface area contributed by atoms with Crippen molar-refractivity contribution >= 4 is 46.0 Å². The summed E-state index contributed by atoms with van der Waals surface area (Å²) in [4.78, 5) is 15.5. The van der Waals surface area contributed by atoms with Crippen molar-refractivity contribution in [2.75, 3.05) is 5.73 Å². The normalized spacial score (nSPS) is 28.7. The quantitative estimate of drug-likeness (QED) is 0.453. The molecule has 2 bridgehead atoms. The monoisotopic (exact) mass is 396 g/mol. The van der Waals surface area contributed by atoms with Crippen LogP contribution in [0.5, 0.6) is 0 Å². The largest absolute Gasteiger partial charge is 0.457 e. The van der Waals surface area contributed by atoms with Crippen LogP contribution in [-0.2, 0) is 4.79 Å². The van der Waals surface area contributed by atoms with Crippen LogP contribution in [0.2, 0.25) is 0 Å². The van der Waals surface area contributed by atoms with Gasteiger partial charge in [-0.05, 0) is 67.5 Å². The summed E-state index contributed by atoms with van der Waals surface area (Å²) >= 11 is 6.93. The molecule has 0 spiro atoms. The third kappa shape index (κ3) is 3.01. The lowest BCUT2D eigenvalue weighted by molar-refractivity contribution is -0.124. The van der Waals surface area contributed by atoms with Crippen LogP contribution in [0.1, 0.15) is 31.4 Å². The second kappa shape index (κ2) is 6.53. The van der Waals surface area contributed by atoms with E-state index >= 15 is 0 Å². The topological polar surface area (TPSA) is 59.5 Å². The summed E-state index contributed by atoms with van der Waals surface area (Å²) in [6.45, 7) is 0. The van der Waals surface area contributed by atoms with Crippen molar-refractivity contribution in [3.8, 4) is 11.3 Å². The number of furan rings is 1. The second-order valence-electron chi connectivity index (χ2n) is 7.62. The maximum atomic E-state index is 13.0. The number of carbonyl (C=O) groups excluding carboxylic acids is 1. The predicted octanol–water partition coefficient (Wildman–Crippen LogP) is 4.92. The van der Waals surface area contributed by atoms with E-state index in [4.69, 9.17) is 22.4 Å². The first kappa shape index (κ1) is 17.1. The highest BCUT2D eigenvalue weighted by molar-refractivity contribution is 8.26. The summed E-state index contributed by atoms with van der Waals surface area (Å²) in [5.41, 5.74) is 7.41. The Morgan fingerprint density at radius 3 is 2.67 bits per heavy atom. The molecule has 1 aromatic carbocycles. The van der Waals surface area contributed by atoms with Gasteiger partial charge in [0.1, 0.15) is 15.8 Å². The molecule has 2 heterocycles. The van der Waals surface area contributed by atoms with Gasteiger partial charge < -0.3 is 10.2 Å². The fourth-order valence-corrected chi connectivity index (χ4v) is 6.01. The fraction of sp³-hybridized carbons (Fsp3) is 0.333. The summed E-state index contributed by atoms with van der Waals surface area (Å²) in [6.07, 6.45) is 6.71. The molecule has 3 unspecified atom stereocenters. The molecule has 4 nitrogen and oxygen atoms in total. The first-order valence-electron chi connectivity index (χ1n) is 9.31. The van der Waals surface area contributed by atoms with Crippen LogP contribution in [0, 0.1) is 11.8 Å². The van der Waals surface area contributed by atoms with Crippen molar-refractivity contribution in [1.82, 2.24) is 4.90 Å². The Kier molecular flexibility index (Phi) is 4.13. The Hall–Kier alpha value is -2.05. The van der Waals surface area contributed by atoms with E-state index in [2.05, 4.69) is 0 Å². The molecule has 2 N–H and O–H groups in total. The van der Waals surface area contributed by atoms with E-state index in [9.17, 15) is 4.79 Å². The Balaban J connectivity index is 1.37. The van der Waals surface area contributed by atoms with Gasteiger partial charge in [0.2, 0.25) is 0 Å². The van der Waals surface area contributed by atoms with Crippen molar-refractivity contribution in [1.29, 1.82) is 0 Å². The number of hydrogen-bond acceptors (Lipinski definition) is 5. The average Bonchev–Trinajstić information content (AvgIpc) is 3.42. The van der Waals surface area contributed by atoms with Gasteiger partial charge in [-0.15, -0.1) is 0 Å². The number of rotatable bonds is 3. The highest BCUT2D eigenvalue weighted by Gasteiger charge is 2.47. The number of nitrogens with zero attached hydrogens (tertiary/aromatic N) is 1. The number of hydrogen-bond donors (Lipinski definition) is 1. The Morgan fingerprint density at radius 1 is 1.15 bits per heavy atom. The van der Waals surface area contributed by atoms with E-state index in [1.807, 2.05) is 47.4 Å². The van der Waals surface area contributed by atoms with Gasteiger partial charge in [-0.2, -0.15) is 0 Å². The summed E-state index contributed by atoms with van der Waals surface area (Å²) in [6, 6.07) is 11.6. The van der Waals surface area contributed by atoms with Gasteiger partial charge in [0.05, 0.1) is 4.91 Å². The van der Waals surface area contributed by atoms with E-state index in [0.717, 1.165) is 29.3 Å². The number of carbonyl (C=O) groups is 1. The highest BCUT2D eigenvalue weighted by atomic mass is 32.2. The smallest absolute Gasteiger partial charge is 0.266 e. The maximum absolute atomic E-state index is 13.0. The molecule has 2 saturated carbocycles. The Bertz CT molecular complexity index is 947. The molecule has 27 heavy (non-hydrogen) atoms. The number of amides is 1. The second-order valence-corrected chi connectivity index (χ2v) is 9.29. The van der Waals surface area contributed by atoms with Crippen molar-refractivity contribution < 1.29 is 9.21 Å². The molecule has 5 rings (SSSR count). The highest BCUT2D eigenvalue weighted by Crippen LogP contribution is 2.49. The van der Waals surface area contributed by atoms with Gasteiger partial charge in [-0.3, -0.25) is 9.69 Å². The molecule has 2 aliphatic carbocycles. The first-order valence-corrected chi connectivity index (χ1v) is 10.5. The molecule has 6 heteroatoms. The van der Waals surface area contributed by atoms with Gasteiger partial charge in [-0.1, -0.05) is 30.4 Å². The first-order chi connectivity index (χ1) is 13.1. The van der Waals surface area contributed by atoms with Crippen LogP contribution in [0.3, 0.4) is 0 Å². The van der Waals surface area contributed by atoms with Gasteiger partial charge in [0.25, 0.3) is 5.91 Å². The fourth-order valence-electron chi connectivity index (χ4n) is 4.66. The van der Waals surface area contributed by atoms with E-state index in [-0.39, 0.29) is 5.91 Å². The lowest BCUT2D eigenvalue weighted by Gasteiger charge is -2.30. The number of fused-ring (bicyclic) bond motifs is 2. The maximum Gasteiger partial charge on any atom is 0.266 e. The summed E-state index contributed by atoms with van der Waals surface area (Å²) in [5, 5.41) is 0. The van der Waals surface area contributed by atoms with Crippen molar-refractivity contribution in [3.63, 3.8) is 0 Å². The van der Waals surface area contributed by atoms with Gasteiger partial charge in [0, 0.05) is 23.4 Å². The van der Waals surface area contributed by atoms with Crippen LogP contribution in [0.25, 0.3) is 17.4 Å². The van der Waals surface area contributed by atoms with E-state index < -0.39 is 0 Å². The van der Waals surface area contributed by atoms with E-state index in [1.54, 1.807) is 0 Å². The number of thioether (sulfide) groups is 1. The predicted molar refractivity (Wildman–Crippen MR) is 113 cm³/mol. The van der Waals surface area contributed by atoms with Gasteiger partial charge in [0.15, 0.2) is 0 Å². The molecular formula is C21H20N2O2S2. The van der Waals surface area contributed by atoms with Crippen LogP contribution in [-0.4, -0.2) is 21.2 Å². The molecule has 3 atom stereocenters. The van der Waals surface area contributed by atoms with Crippen LogP contribution < -0.4 is 5.73 Å². The van der Waals surface area contributed by atoms with E-state index in [0.29, 0.717) is 26.9 Å². The summed E-state index contributed by atoms with van der Waals surface area (Å²) in [5.74, 6) is 2.85. The molecule has 1 saturated heterocycles. The minimum Gasteiger partial charge on any atom is -0.457 e. The molecule has 1 aliphatic heterocycles. The third-order valence-electron chi connectivity index (χ3n) is 5.95. The van der Waals surface area contributed by atoms with Crippen molar-refractivity contribution in [2.45, 2.75) is 31.7 Å². The number of anilines is 1. The zero-order valence-electron chi connectivity index (χ0n) is 14.8. The van der Waals surface area contributed by atoms with Crippen molar-refractivity contribution in [3.05, 3.63) is 47.1 Å². The minimum atomic E-state index is 0.0352. The van der Waals surface area contributed by atoms with Crippen LogP contribution in [0.4, 0.5) is 5.69 Å². The molecule has 3 fully saturated rings. The number of benzene rings is 1. The van der Waals surface area contributed by atoms with Gasteiger partial charge in [-0.25, -0.2) is 0 Å². The van der Waals surface area contributed by atoms with E-state index in [1.165, 1.54) is 31.0 Å². The Labute approximate surface area is 167 Å². The number of nitrogen functional groups attached to an aromatic ring is 1. The Morgan fingerprint density at radius 2 is 1.96 bits per heavy atom. The average molecular weight is 397 g/mol. The zero-order chi connectivity index (χ0) is 18.5. The summed E-state index contributed by atoms with van der Waals surface area (Å²) in [7, 11) is 0. The molecule has 0 radical (unpaired) electrons. The third-order valence-corrected chi connectivity index (χ3v) is 7.28. The molecular weight excluding hydrogens is 376 g/mol. The number of nitrogens with two attached hydrogens (primary N) is 1. The standard InChI is InChI=1S/C21H20N2O2S2/c22-15-5-3-13(4-6-15)18-8-7-16(25-18)11-19-20(24)23(21(26)27-19)17-10-12-1-2-14(17)9-12/h3-8,11-12,14,17H,1-2,9-10,22H2. The van der Waals surface area contributed by atoms with Gasteiger partial charge >= 0.3 is 0 Å².